The summed E-state index contributed by atoms with van der Waals surface area (Å²) in [5.41, 5.74) is 0.961. The molecule has 0 aliphatic carbocycles. The topological polar surface area (TPSA) is 95.7 Å². The largest absolute Gasteiger partial charge is 0.592 e. The van der Waals surface area contributed by atoms with E-state index in [9.17, 15) is 13.0 Å². The standard InChI is InChI=1S/C13H12N2O4S3/c1-19-11-4-2-3-10(8-11)15-6-5-9-7-12(21(14)16)20-13(9)22(15,17)18/h2-8H,14H2,1H3. The van der Waals surface area contributed by atoms with Crippen molar-refractivity contribution in [2.24, 2.45) is 5.14 Å². The van der Waals surface area contributed by atoms with Crippen molar-refractivity contribution in [1.29, 1.82) is 0 Å². The summed E-state index contributed by atoms with van der Waals surface area (Å²) in [4.78, 5) is 0. The van der Waals surface area contributed by atoms with Crippen molar-refractivity contribution in [2.45, 2.75) is 8.42 Å². The molecule has 22 heavy (non-hydrogen) atoms. The van der Waals surface area contributed by atoms with Crippen molar-refractivity contribution >= 4 is 44.5 Å². The van der Waals surface area contributed by atoms with E-state index in [1.165, 1.54) is 19.4 Å². The van der Waals surface area contributed by atoms with Crippen LogP contribution in [-0.2, 0) is 21.4 Å². The van der Waals surface area contributed by atoms with Crippen molar-refractivity contribution in [3.8, 4) is 5.75 Å². The number of methoxy groups -OCH3 is 1. The molecule has 0 radical (unpaired) electrons. The van der Waals surface area contributed by atoms with Crippen molar-refractivity contribution in [1.82, 2.24) is 0 Å². The Hall–Kier alpha value is -1.52. The lowest BCUT2D eigenvalue weighted by molar-refractivity contribution is 0.415. The Labute approximate surface area is 135 Å². The van der Waals surface area contributed by atoms with Gasteiger partial charge in [-0.2, -0.15) is 8.42 Å². The minimum atomic E-state index is -3.75. The summed E-state index contributed by atoms with van der Waals surface area (Å²) < 4.78 is 43.6. The smallest absolute Gasteiger partial charge is 0.278 e. The maximum Gasteiger partial charge on any atom is 0.278 e. The van der Waals surface area contributed by atoms with E-state index >= 15 is 0 Å². The van der Waals surface area contributed by atoms with E-state index in [2.05, 4.69) is 0 Å². The van der Waals surface area contributed by atoms with Crippen LogP contribution < -0.4 is 14.2 Å². The highest BCUT2D eigenvalue weighted by molar-refractivity contribution is 7.96. The number of anilines is 1. The first-order valence-corrected chi connectivity index (χ1v) is 9.57. The van der Waals surface area contributed by atoms with Gasteiger partial charge in [0.25, 0.3) is 10.0 Å². The molecule has 9 heteroatoms. The third-order valence-corrected chi connectivity index (χ3v) is 7.53. The molecule has 0 saturated heterocycles. The third kappa shape index (κ3) is 2.50. The maximum atomic E-state index is 12.7. The zero-order chi connectivity index (χ0) is 15.9. The van der Waals surface area contributed by atoms with Gasteiger partial charge in [-0.15, -0.1) is 5.14 Å². The summed E-state index contributed by atoms with van der Waals surface area (Å²) in [5.74, 6) is 0.557. The van der Waals surface area contributed by atoms with Crippen LogP contribution >= 0.6 is 11.3 Å². The van der Waals surface area contributed by atoms with Crippen LogP contribution in [0.3, 0.4) is 0 Å². The van der Waals surface area contributed by atoms with Gasteiger partial charge in [-0.1, -0.05) is 17.4 Å². The minimum Gasteiger partial charge on any atom is -0.592 e. The van der Waals surface area contributed by atoms with Crippen LogP contribution in [-0.4, -0.2) is 20.1 Å². The third-order valence-electron chi connectivity index (χ3n) is 3.09. The van der Waals surface area contributed by atoms with E-state index in [0.717, 1.165) is 15.6 Å². The van der Waals surface area contributed by atoms with E-state index in [1.807, 2.05) is 0 Å². The van der Waals surface area contributed by atoms with Gasteiger partial charge >= 0.3 is 0 Å². The number of rotatable bonds is 3. The Balaban J connectivity index is 2.09. The van der Waals surface area contributed by atoms with Crippen molar-refractivity contribution < 1.29 is 17.7 Å². The Morgan fingerprint density at radius 1 is 1.36 bits per heavy atom. The van der Waals surface area contributed by atoms with E-state index in [0.29, 0.717) is 21.2 Å². The molecule has 2 heterocycles. The van der Waals surface area contributed by atoms with Crippen LogP contribution in [0.2, 0.25) is 0 Å². The fourth-order valence-electron chi connectivity index (χ4n) is 2.07. The SMILES string of the molecule is COc1cccc(N2C=Cc3cc([S+](N)[O-])sc3S2(=O)=O)c1. The van der Waals surface area contributed by atoms with Gasteiger partial charge in [-0.05, 0) is 18.2 Å². The first-order valence-electron chi connectivity index (χ1n) is 6.10. The summed E-state index contributed by atoms with van der Waals surface area (Å²) in [6.07, 6.45) is 3.12. The maximum absolute atomic E-state index is 12.7. The number of benzene rings is 1. The molecular weight excluding hydrogens is 344 g/mol. The number of hydrogen-bond acceptors (Lipinski definition) is 6. The number of sulfonamides is 1. The van der Waals surface area contributed by atoms with E-state index in [1.54, 1.807) is 30.3 Å². The molecule has 2 aromatic rings. The fraction of sp³-hybridized carbons (Fsp3) is 0.0769. The van der Waals surface area contributed by atoms with Crippen LogP contribution in [0.1, 0.15) is 5.56 Å². The summed E-state index contributed by atoms with van der Waals surface area (Å²) in [7, 11) is -2.24. The number of fused-ring (bicyclic) bond motifs is 1. The molecule has 1 atom stereocenters. The Kier molecular flexibility index (Phi) is 3.91. The second-order valence-corrected chi connectivity index (χ2v) is 8.78. The van der Waals surface area contributed by atoms with Gasteiger partial charge in [0, 0.05) is 23.9 Å². The number of nitrogens with zero attached hydrogens (tertiary/aromatic N) is 1. The molecule has 0 spiro atoms. The Bertz CT molecular complexity index is 843. The molecule has 0 fully saturated rings. The van der Waals surface area contributed by atoms with Gasteiger partial charge < -0.3 is 9.29 Å². The highest BCUT2D eigenvalue weighted by Crippen LogP contribution is 2.38. The molecule has 1 aliphatic rings. The second kappa shape index (κ2) is 5.60. The van der Waals surface area contributed by atoms with E-state index in [4.69, 9.17) is 9.88 Å². The zero-order valence-electron chi connectivity index (χ0n) is 11.4. The van der Waals surface area contributed by atoms with Gasteiger partial charge in [0.05, 0.1) is 24.2 Å². The zero-order valence-corrected chi connectivity index (χ0v) is 13.9. The molecule has 0 saturated carbocycles. The van der Waals surface area contributed by atoms with Gasteiger partial charge in [0.2, 0.25) is 4.21 Å². The summed E-state index contributed by atoms with van der Waals surface area (Å²) in [6.45, 7) is 0. The molecule has 1 aliphatic heterocycles. The molecule has 3 rings (SSSR count). The van der Waals surface area contributed by atoms with Crippen LogP contribution in [0.5, 0.6) is 5.75 Å². The van der Waals surface area contributed by atoms with Gasteiger partial charge in [0.1, 0.15) is 5.75 Å². The molecule has 1 aromatic heterocycles. The van der Waals surface area contributed by atoms with Crippen LogP contribution in [0.4, 0.5) is 5.69 Å². The normalized spacial score (nSPS) is 17.1. The predicted molar refractivity (Wildman–Crippen MR) is 86.6 cm³/mol. The molecule has 0 bridgehead atoms. The Morgan fingerprint density at radius 2 is 2.14 bits per heavy atom. The molecular formula is C13H12N2O4S3. The lowest BCUT2D eigenvalue weighted by Crippen LogP contribution is -2.27. The quantitative estimate of drug-likeness (QED) is 0.848. The number of hydrogen-bond donors (Lipinski definition) is 1. The first kappa shape index (κ1) is 15.4. The predicted octanol–water partition coefficient (Wildman–Crippen LogP) is 1.92. The van der Waals surface area contributed by atoms with E-state index in [-0.39, 0.29) is 4.21 Å². The molecule has 0 amide bonds. The van der Waals surface area contributed by atoms with Crippen molar-refractivity contribution in [3.05, 3.63) is 42.1 Å². The number of ether oxygens (including phenoxy) is 1. The fourth-order valence-corrected chi connectivity index (χ4v) is 5.81. The summed E-state index contributed by atoms with van der Waals surface area (Å²) in [5, 5.41) is 5.33. The molecule has 1 aromatic carbocycles. The highest BCUT2D eigenvalue weighted by atomic mass is 32.3. The first-order chi connectivity index (χ1) is 10.4. The molecule has 2 N–H and O–H groups in total. The lowest BCUT2D eigenvalue weighted by Gasteiger charge is -2.23. The van der Waals surface area contributed by atoms with Gasteiger partial charge in [-0.25, -0.2) is 4.31 Å². The van der Waals surface area contributed by atoms with Crippen molar-refractivity contribution in [2.75, 3.05) is 11.4 Å². The molecule has 6 nitrogen and oxygen atoms in total. The summed E-state index contributed by atoms with van der Waals surface area (Å²) >= 11 is -0.785. The monoisotopic (exact) mass is 356 g/mol. The molecule has 1 unspecified atom stereocenters. The van der Waals surface area contributed by atoms with Crippen LogP contribution in [0, 0.1) is 0 Å². The lowest BCUT2D eigenvalue weighted by atomic mass is 10.3. The minimum absolute atomic E-state index is 0.131. The average molecular weight is 356 g/mol. The Morgan fingerprint density at radius 3 is 2.82 bits per heavy atom. The van der Waals surface area contributed by atoms with Crippen LogP contribution in [0.15, 0.2) is 45.0 Å². The second-order valence-electron chi connectivity index (χ2n) is 4.42. The highest BCUT2D eigenvalue weighted by Gasteiger charge is 2.33. The average Bonchev–Trinajstić information content (AvgIpc) is 2.93. The number of nitrogens with two attached hydrogens (primary N) is 1. The molecule has 116 valence electrons. The van der Waals surface area contributed by atoms with E-state index < -0.39 is 21.4 Å². The summed E-state index contributed by atoms with van der Waals surface area (Å²) in [6, 6.07) is 8.28. The number of thiophene rings is 1. The van der Waals surface area contributed by atoms with Crippen molar-refractivity contribution in [3.63, 3.8) is 0 Å². The van der Waals surface area contributed by atoms with Gasteiger partial charge in [-0.3, -0.25) is 0 Å². The van der Waals surface area contributed by atoms with Gasteiger partial charge in [0.15, 0.2) is 4.21 Å². The van der Waals surface area contributed by atoms with Crippen LogP contribution in [0.25, 0.3) is 6.08 Å².